The molecule has 7 nitrogen and oxygen atoms in total. The normalized spacial score (nSPS) is 15.9. The Balaban J connectivity index is 4.22. The van der Waals surface area contributed by atoms with Crippen LogP contribution in [0.5, 0.6) is 0 Å². The van der Waals surface area contributed by atoms with Crippen molar-refractivity contribution < 1.29 is 34.9 Å². The Hall–Kier alpha value is -0.990. The van der Waals surface area contributed by atoms with Crippen molar-refractivity contribution in [1.82, 2.24) is 0 Å². The van der Waals surface area contributed by atoms with Gasteiger partial charge in [0.05, 0.1) is 13.7 Å². The molecule has 0 fully saturated rings. The summed E-state index contributed by atoms with van der Waals surface area (Å²) in [5.41, 5.74) is 0.00653. The molecule has 0 spiro atoms. The fourth-order valence-corrected chi connectivity index (χ4v) is 0.674. The molecule has 0 bridgehead atoms. The van der Waals surface area contributed by atoms with Gasteiger partial charge in [0.2, 0.25) is 0 Å². The summed E-state index contributed by atoms with van der Waals surface area (Å²) in [4.78, 5) is 19.1. The lowest BCUT2D eigenvalue weighted by Gasteiger charge is -2.11. The second kappa shape index (κ2) is 7.32. The minimum atomic E-state index is -1.36. The smallest absolute Gasteiger partial charge is 0.371 e. The van der Waals surface area contributed by atoms with Crippen molar-refractivity contribution in [2.75, 3.05) is 13.7 Å². The summed E-state index contributed by atoms with van der Waals surface area (Å²) in [7, 11) is 1.15. The number of rotatable bonds is 6. The summed E-state index contributed by atoms with van der Waals surface area (Å²) in [6.07, 6.45) is -1.68. The molecule has 88 valence electrons. The highest BCUT2D eigenvalue weighted by Gasteiger charge is 2.15. The Labute approximate surface area is 86.3 Å². The van der Waals surface area contributed by atoms with Gasteiger partial charge in [0.25, 0.3) is 0 Å². The molecule has 0 rings (SSSR count). The van der Waals surface area contributed by atoms with E-state index in [1.807, 2.05) is 0 Å². The van der Waals surface area contributed by atoms with Crippen molar-refractivity contribution in [2.24, 2.45) is 0 Å². The van der Waals surface area contributed by atoms with E-state index in [0.717, 1.165) is 13.2 Å². The predicted octanol–water partition coefficient (Wildman–Crippen LogP) is -1.32. The molecule has 0 aliphatic heterocycles. The second-order valence-electron chi connectivity index (χ2n) is 2.70. The van der Waals surface area contributed by atoms with Gasteiger partial charge in [0.15, 0.2) is 0 Å². The van der Waals surface area contributed by atoms with Gasteiger partial charge in [-0.05, 0) is 18.0 Å². The van der Waals surface area contributed by atoms with Gasteiger partial charge in [-0.2, -0.15) is 4.89 Å². The van der Waals surface area contributed by atoms with E-state index >= 15 is 0 Å². The van der Waals surface area contributed by atoms with Crippen molar-refractivity contribution in [3.63, 3.8) is 0 Å². The largest absolute Gasteiger partial charge is 0.394 e. The van der Waals surface area contributed by atoms with Gasteiger partial charge < -0.3 is 15.3 Å². The average Bonchev–Trinajstić information content (AvgIpc) is 2.24. The molecule has 0 aromatic carbocycles. The van der Waals surface area contributed by atoms with E-state index in [1.165, 1.54) is 6.92 Å². The number of hydrogen-bond donors (Lipinski definition) is 3. The van der Waals surface area contributed by atoms with Crippen LogP contribution in [0, 0.1) is 0 Å². The lowest BCUT2D eigenvalue weighted by atomic mass is 10.1. The van der Waals surface area contributed by atoms with Gasteiger partial charge in [-0.3, -0.25) is 4.89 Å². The van der Waals surface area contributed by atoms with Crippen molar-refractivity contribution in [1.29, 1.82) is 0 Å². The maximum absolute atomic E-state index is 11.0. The lowest BCUT2D eigenvalue weighted by Crippen LogP contribution is -2.28. The molecule has 15 heavy (non-hydrogen) atoms. The molecule has 0 saturated heterocycles. The van der Waals surface area contributed by atoms with Crippen LogP contribution in [0.1, 0.15) is 6.92 Å². The molecule has 7 heteroatoms. The molecule has 0 amide bonds. The Morgan fingerprint density at radius 3 is 2.53 bits per heavy atom. The zero-order chi connectivity index (χ0) is 11.8. The van der Waals surface area contributed by atoms with Gasteiger partial charge in [0.1, 0.15) is 12.2 Å². The second-order valence-corrected chi connectivity index (χ2v) is 2.70. The molecule has 0 aromatic heterocycles. The minimum Gasteiger partial charge on any atom is -0.394 e. The molecule has 2 unspecified atom stereocenters. The average molecular weight is 222 g/mol. The minimum absolute atomic E-state index is 0.00653. The Kier molecular flexibility index (Phi) is 6.84. The third-order valence-electron chi connectivity index (χ3n) is 1.50. The Bertz CT molecular complexity index is 225. The van der Waals surface area contributed by atoms with Crippen LogP contribution in [0.4, 0.5) is 0 Å². The van der Waals surface area contributed by atoms with Crippen molar-refractivity contribution >= 4 is 5.97 Å². The van der Waals surface area contributed by atoms with Crippen molar-refractivity contribution in [3.8, 4) is 0 Å². The molecule has 0 heterocycles. The van der Waals surface area contributed by atoms with Crippen molar-refractivity contribution in [3.05, 3.63) is 11.6 Å². The maximum Gasteiger partial charge on any atom is 0.371 e. The van der Waals surface area contributed by atoms with Crippen LogP contribution in [0.3, 0.4) is 0 Å². The van der Waals surface area contributed by atoms with E-state index in [2.05, 4.69) is 14.8 Å². The standard InChI is InChI=1S/C8H14O7/c1-5(8(12)14-15-13-2)3-6(10)7(11)4-9/h3,6-7,9-11H,4H2,1-2H3/b5-3+. The summed E-state index contributed by atoms with van der Waals surface area (Å²) in [5.74, 6) is -0.874. The molecule has 0 aliphatic carbocycles. The van der Waals surface area contributed by atoms with Gasteiger partial charge in [-0.15, -0.1) is 0 Å². The molecule has 0 saturated carbocycles. The quantitative estimate of drug-likeness (QED) is 0.291. The summed E-state index contributed by atoms with van der Waals surface area (Å²) in [6, 6.07) is 0. The van der Waals surface area contributed by atoms with E-state index in [4.69, 9.17) is 10.2 Å². The predicted molar refractivity (Wildman–Crippen MR) is 47.0 cm³/mol. The van der Waals surface area contributed by atoms with Crippen LogP contribution in [0.25, 0.3) is 0 Å². The number of aliphatic hydroxyl groups is 3. The van der Waals surface area contributed by atoms with Gasteiger partial charge in [0, 0.05) is 5.57 Å². The van der Waals surface area contributed by atoms with Crippen LogP contribution in [-0.4, -0.2) is 47.2 Å². The zero-order valence-corrected chi connectivity index (χ0v) is 8.41. The first-order chi connectivity index (χ1) is 7.02. The maximum atomic E-state index is 11.0. The molecule has 0 aromatic rings. The number of hydrogen-bond acceptors (Lipinski definition) is 7. The van der Waals surface area contributed by atoms with Gasteiger partial charge in [-0.1, -0.05) is 0 Å². The summed E-state index contributed by atoms with van der Waals surface area (Å²) in [5, 5.41) is 30.6. The van der Waals surface area contributed by atoms with Crippen LogP contribution < -0.4 is 0 Å². The third-order valence-corrected chi connectivity index (χ3v) is 1.50. The lowest BCUT2D eigenvalue weighted by molar-refractivity contribution is -0.474. The van der Waals surface area contributed by atoms with E-state index < -0.39 is 24.8 Å². The molecule has 3 N–H and O–H groups in total. The van der Waals surface area contributed by atoms with Gasteiger partial charge >= 0.3 is 5.97 Å². The topological polar surface area (TPSA) is 105 Å². The van der Waals surface area contributed by atoms with E-state index in [9.17, 15) is 9.90 Å². The third kappa shape index (κ3) is 5.45. The molecular formula is C8H14O7. The molecule has 2 atom stereocenters. The van der Waals surface area contributed by atoms with Crippen LogP contribution in [0.2, 0.25) is 0 Å². The first kappa shape index (κ1) is 14.0. The SMILES string of the molecule is COOOC(=O)/C(C)=C/C(O)C(O)CO. The Morgan fingerprint density at radius 2 is 2.07 bits per heavy atom. The molecule has 0 aliphatic rings. The fraction of sp³-hybridized carbons (Fsp3) is 0.625. The van der Waals surface area contributed by atoms with Crippen LogP contribution in [-0.2, 0) is 19.6 Å². The number of carbonyl (C=O) groups is 1. The molecule has 0 radical (unpaired) electrons. The first-order valence-corrected chi connectivity index (χ1v) is 4.10. The fourth-order valence-electron chi connectivity index (χ4n) is 0.674. The van der Waals surface area contributed by atoms with Crippen LogP contribution in [0.15, 0.2) is 11.6 Å². The van der Waals surface area contributed by atoms with Crippen molar-refractivity contribution in [2.45, 2.75) is 19.1 Å². The summed E-state index contributed by atoms with van der Waals surface area (Å²) >= 11 is 0. The Morgan fingerprint density at radius 1 is 1.47 bits per heavy atom. The first-order valence-electron chi connectivity index (χ1n) is 4.10. The van der Waals surface area contributed by atoms with Gasteiger partial charge in [-0.25, -0.2) is 4.79 Å². The molecular weight excluding hydrogens is 208 g/mol. The highest BCUT2D eigenvalue weighted by atomic mass is 17.5. The zero-order valence-electron chi connectivity index (χ0n) is 8.41. The summed E-state index contributed by atoms with van der Waals surface area (Å²) in [6.45, 7) is 0.725. The highest BCUT2D eigenvalue weighted by Crippen LogP contribution is 2.03. The monoisotopic (exact) mass is 222 g/mol. The van der Waals surface area contributed by atoms with Crippen LogP contribution >= 0.6 is 0 Å². The number of carbonyl (C=O) groups excluding carboxylic acids is 1. The highest BCUT2D eigenvalue weighted by molar-refractivity contribution is 5.87. The number of aliphatic hydroxyl groups excluding tert-OH is 3. The summed E-state index contributed by atoms with van der Waals surface area (Å²) < 4.78 is 0. The van der Waals surface area contributed by atoms with E-state index in [0.29, 0.717) is 0 Å². The van der Waals surface area contributed by atoms with E-state index in [1.54, 1.807) is 0 Å². The van der Waals surface area contributed by atoms with E-state index in [-0.39, 0.29) is 5.57 Å².